The number of carbonyl (C=O) groups excluding carboxylic acids is 1. The Kier molecular flexibility index (Phi) is 4.55. The number of hydrogen-bond donors (Lipinski definition) is 1. The number of ether oxygens (including phenoxy) is 1. The minimum absolute atomic E-state index is 0.144. The zero-order chi connectivity index (χ0) is 15.2. The summed E-state index contributed by atoms with van der Waals surface area (Å²) in [5, 5.41) is 13.6. The lowest BCUT2D eigenvalue weighted by molar-refractivity contribution is -0.385. The second kappa shape index (κ2) is 6.56. The Bertz CT molecular complexity index is 637. The quantitative estimate of drug-likeness (QED) is 0.651. The number of nitro groups is 1. The van der Waals surface area contributed by atoms with Gasteiger partial charge in [0.25, 0.3) is 5.91 Å². The molecule has 0 fully saturated rings. The van der Waals surface area contributed by atoms with Crippen molar-refractivity contribution >= 4 is 11.6 Å². The van der Waals surface area contributed by atoms with Gasteiger partial charge in [0.2, 0.25) is 0 Å². The molecule has 1 amide bonds. The third-order valence-corrected chi connectivity index (χ3v) is 2.72. The molecule has 0 unspecified atom stereocenters. The van der Waals surface area contributed by atoms with Gasteiger partial charge in [-0.25, -0.2) is 0 Å². The predicted molar refractivity (Wildman–Crippen MR) is 74.1 cm³/mol. The highest BCUT2D eigenvalue weighted by atomic mass is 16.6. The van der Waals surface area contributed by atoms with Crippen LogP contribution in [0.1, 0.15) is 23.0 Å². The summed E-state index contributed by atoms with van der Waals surface area (Å²) in [7, 11) is 0. The summed E-state index contributed by atoms with van der Waals surface area (Å²) in [6, 6.07) is 7.53. The van der Waals surface area contributed by atoms with E-state index in [4.69, 9.17) is 9.15 Å². The van der Waals surface area contributed by atoms with Crippen LogP contribution in [0.15, 0.2) is 41.0 Å². The van der Waals surface area contributed by atoms with Crippen molar-refractivity contribution in [1.29, 1.82) is 0 Å². The number of nitrogens with zero attached hydrogens (tertiary/aromatic N) is 1. The molecule has 2 aromatic rings. The average molecular weight is 290 g/mol. The molecule has 0 aliphatic carbocycles. The Morgan fingerprint density at radius 3 is 2.86 bits per heavy atom. The Morgan fingerprint density at radius 1 is 1.43 bits per heavy atom. The maximum Gasteiger partial charge on any atom is 0.311 e. The summed E-state index contributed by atoms with van der Waals surface area (Å²) in [4.78, 5) is 22.4. The Hall–Kier alpha value is -2.83. The molecule has 0 aliphatic heterocycles. The molecule has 21 heavy (non-hydrogen) atoms. The van der Waals surface area contributed by atoms with Crippen molar-refractivity contribution in [3.05, 3.63) is 58.0 Å². The summed E-state index contributed by atoms with van der Waals surface area (Å²) in [5.74, 6) is 0.325. The molecule has 2 rings (SSSR count). The van der Waals surface area contributed by atoms with Crippen LogP contribution in [-0.2, 0) is 6.54 Å². The lowest BCUT2D eigenvalue weighted by Gasteiger charge is -2.07. The van der Waals surface area contributed by atoms with Crippen LogP contribution in [0.25, 0.3) is 0 Å². The molecule has 7 nitrogen and oxygen atoms in total. The van der Waals surface area contributed by atoms with Crippen LogP contribution >= 0.6 is 0 Å². The summed E-state index contributed by atoms with van der Waals surface area (Å²) < 4.78 is 10.3. The molecule has 0 atom stereocenters. The SMILES string of the molecule is CCOc1ccc(C(=O)NCc2ccco2)cc1[N+](=O)[O-]. The fourth-order valence-electron chi connectivity index (χ4n) is 1.76. The fraction of sp³-hybridized carbons (Fsp3) is 0.214. The fourth-order valence-corrected chi connectivity index (χ4v) is 1.76. The number of furan rings is 1. The van der Waals surface area contributed by atoms with Crippen molar-refractivity contribution in [2.45, 2.75) is 13.5 Å². The number of carbonyl (C=O) groups is 1. The van der Waals surface area contributed by atoms with Crippen LogP contribution in [0.3, 0.4) is 0 Å². The van der Waals surface area contributed by atoms with Gasteiger partial charge in [-0.15, -0.1) is 0 Å². The van der Waals surface area contributed by atoms with E-state index in [0.29, 0.717) is 12.4 Å². The largest absolute Gasteiger partial charge is 0.487 e. The van der Waals surface area contributed by atoms with E-state index in [1.54, 1.807) is 19.1 Å². The summed E-state index contributed by atoms with van der Waals surface area (Å²) in [5.41, 5.74) is -0.0424. The molecule has 1 N–H and O–H groups in total. The molecular weight excluding hydrogens is 276 g/mol. The molecule has 1 heterocycles. The molecule has 0 spiro atoms. The Balaban J connectivity index is 2.13. The Morgan fingerprint density at radius 2 is 2.24 bits per heavy atom. The van der Waals surface area contributed by atoms with Gasteiger partial charge in [0.1, 0.15) is 5.76 Å². The molecule has 0 radical (unpaired) electrons. The summed E-state index contributed by atoms with van der Waals surface area (Å²) >= 11 is 0. The van der Waals surface area contributed by atoms with E-state index in [1.165, 1.54) is 24.5 Å². The highest BCUT2D eigenvalue weighted by Gasteiger charge is 2.18. The first-order valence-corrected chi connectivity index (χ1v) is 6.33. The Labute approximate surface area is 120 Å². The number of nitrogens with one attached hydrogen (secondary N) is 1. The number of nitro benzene ring substituents is 1. The first-order valence-electron chi connectivity index (χ1n) is 6.33. The van der Waals surface area contributed by atoms with Crippen LogP contribution in [-0.4, -0.2) is 17.4 Å². The van der Waals surface area contributed by atoms with E-state index >= 15 is 0 Å². The number of rotatable bonds is 6. The zero-order valence-corrected chi connectivity index (χ0v) is 11.4. The molecule has 1 aromatic heterocycles. The van der Waals surface area contributed by atoms with Crippen LogP contribution < -0.4 is 10.1 Å². The van der Waals surface area contributed by atoms with Gasteiger partial charge in [0.05, 0.1) is 24.3 Å². The van der Waals surface area contributed by atoms with Gasteiger partial charge in [0.15, 0.2) is 5.75 Å². The maximum atomic E-state index is 12.0. The van der Waals surface area contributed by atoms with Crippen molar-refractivity contribution in [2.24, 2.45) is 0 Å². The topological polar surface area (TPSA) is 94.6 Å². The van der Waals surface area contributed by atoms with Gasteiger partial charge in [0, 0.05) is 11.6 Å². The third-order valence-electron chi connectivity index (χ3n) is 2.72. The van der Waals surface area contributed by atoms with Crippen LogP contribution in [0.2, 0.25) is 0 Å². The number of amides is 1. The maximum absolute atomic E-state index is 12.0. The van der Waals surface area contributed by atoms with Crippen molar-refractivity contribution in [3.8, 4) is 5.75 Å². The van der Waals surface area contributed by atoms with E-state index in [2.05, 4.69) is 5.32 Å². The van der Waals surface area contributed by atoms with E-state index in [0.717, 1.165) is 0 Å². The third kappa shape index (κ3) is 3.59. The van der Waals surface area contributed by atoms with Gasteiger partial charge < -0.3 is 14.5 Å². The lowest BCUT2D eigenvalue weighted by Crippen LogP contribution is -2.22. The monoisotopic (exact) mass is 290 g/mol. The minimum Gasteiger partial charge on any atom is -0.487 e. The predicted octanol–water partition coefficient (Wildman–Crippen LogP) is 2.52. The minimum atomic E-state index is -0.575. The zero-order valence-electron chi connectivity index (χ0n) is 11.4. The standard InChI is InChI=1S/C14H14N2O5/c1-2-20-13-6-5-10(8-12(13)16(18)19)14(17)15-9-11-4-3-7-21-11/h3-8H,2,9H2,1H3,(H,15,17). The van der Waals surface area contributed by atoms with Gasteiger partial charge in [-0.1, -0.05) is 0 Å². The van der Waals surface area contributed by atoms with Crippen molar-refractivity contribution in [3.63, 3.8) is 0 Å². The van der Waals surface area contributed by atoms with Crippen molar-refractivity contribution < 1.29 is 18.9 Å². The van der Waals surface area contributed by atoms with Crippen molar-refractivity contribution in [2.75, 3.05) is 6.61 Å². The molecule has 110 valence electrons. The molecule has 0 bridgehead atoms. The second-order valence-corrected chi connectivity index (χ2v) is 4.13. The first kappa shape index (κ1) is 14.6. The average Bonchev–Trinajstić information content (AvgIpc) is 2.98. The lowest BCUT2D eigenvalue weighted by atomic mass is 10.1. The second-order valence-electron chi connectivity index (χ2n) is 4.13. The van der Waals surface area contributed by atoms with Gasteiger partial charge >= 0.3 is 5.69 Å². The highest BCUT2D eigenvalue weighted by molar-refractivity contribution is 5.95. The molecular formula is C14H14N2O5. The van der Waals surface area contributed by atoms with Crippen LogP contribution in [0, 0.1) is 10.1 Å². The van der Waals surface area contributed by atoms with E-state index in [1.807, 2.05) is 0 Å². The highest BCUT2D eigenvalue weighted by Crippen LogP contribution is 2.27. The molecule has 1 aromatic carbocycles. The van der Waals surface area contributed by atoms with Gasteiger partial charge in [-0.05, 0) is 31.2 Å². The molecule has 0 aliphatic rings. The van der Waals surface area contributed by atoms with Gasteiger partial charge in [-0.2, -0.15) is 0 Å². The summed E-state index contributed by atoms with van der Waals surface area (Å²) in [6.07, 6.45) is 1.50. The van der Waals surface area contributed by atoms with Crippen molar-refractivity contribution in [1.82, 2.24) is 5.32 Å². The van der Waals surface area contributed by atoms with E-state index in [9.17, 15) is 14.9 Å². The van der Waals surface area contributed by atoms with E-state index in [-0.39, 0.29) is 23.5 Å². The molecule has 0 saturated heterocycles. The smallest absolute Gasteiger partial charge is 0.311 e. The van der Waals surface area contributed by atoms with E-state index < -0.39 is 10.8 Å². The van der Waals surface area contributed by atoms with Gasteiger partial charge in [-0.3, -0.25) is 14.9 Å². The number of benzene rings is 1. The van der Waals surface area contributed by atoms with Crippen LogP contribution in [0.4, 0.5) is 5.69 Å². The normalized spacial score (nSPS) is 10.1. The number of hydrogen-bond acceptors (Lipinski definition) is 5. The van der Waals surface area contributed by atoms with Crippen LogP contribution in [0.5, 0.6) is 5.75 Å². The molecule has 0 saturated carbocycles. The summed E-state index contributed by atoms with van der Waals surface area (Å²) in [6.45, 7) is 2.26. The first-order chi connectivity index (χ1) is 10.1. The molecule has 7 heteroatoms.